The van der Waals surface area contributed by atoms with Gasteiger partial charge in [0.05, 0.1) is 22.4 Å². The van der Waals surface area contributed by atoms with Gasteiger partial charge >= 0.3 is 0 Å². The predicted molar refractivity (Wildman–Crippen MR) is 82.7 cm³/mol. The molecule has 1 aromatic heterocycles. The molecule has 19 heavy (non-hydrogen) atoms. The van der Waals surface area contributed by atoms with Crippen LogP contribution in [0, 0.1) is 0 Å². The van der Waals surface area contributed by atoms with E-state index in [0.29, 0.717) is 0 Å². The Balaban J connectivity index is 2.76. The molecule has 6 heteroatoms. The Kier molecular flexibility index (Phi) is 7.60. The highest BCUT2D eigenvalue weighted by molar-refractivity contribution is 9.10. The zero-order valence-electron chi connectivity index (χ0n) is 12.2. The summed E-state index contributed by atoms with van der Waals surface area (Å²) in [7, 11) is 0. The Hall–Kier alpha value is -0.430. The molecule has 1 unspecified atom stereocenters. The SMILES string of the molecule is CCCn1ncc(Br)c1C(CCN(CC)CC)NN. The lowest BCUT2D eigenvalue weighted by molar-refractivity contribution is 0.278. The van der Waals surface area contributed by atoms with Gasteiger partial charge in [-0.2, -0.15) is 5.10 Å². The number of nitrogens with one attached hydrogen (secondary N) is 1. The van der Waals surface area contributed by atoms with Crippen LogP contribution in [0.4, 0.5) is 0 Å². The summed E-state index contributed by atoms with van der Waals surface area (Å²) in [5.74, 6) is 5.74. The third-order valence-electron chi connectivity index (χ3n) is 3.43. The average molecular weight is 332 g/mol. The summed E-state index contributed by atoms with van der Waals surface area (Å²) in [5.41, 5.74) is 4.08. The summed E-state index contributed by atoms with van der Waals surface area (Å²) in [6.45, 7) is 10.6. The fourth-order valence-electron chi connectivity index (χ4n) is 2.26. The molecule has 110 valence electrons. The molecule has 0 amide bonds. The Labute approximate surface area is 124 Å². The number of hydrazine groups is 1. The van der Waals surface area contributed by atoms with E-state index in [1.807, 2.05) is 10.9 Å². The first-order valence-electron chi connectivity index (χ1n) is 7.07. The van der Waals surface area contributed by atoms with Gasteiger partial charge in [0.1, 0.15) is 0 Å². The van der Waals surface area contributed by atoms with Crippen molar-refractivity contribution in [3.8, 4) is 0 Å². The maximum absolute atomic E-state index is 5.74. The molecule has 0 radical (unpaired) electrons. The van der Waals surface area contributed by atoms with E-state index < -0.39 is 0 Å². The molecule has 3 N–H and O–H groups in total. The van der Waals surface area contributed by atoms with Crippen molar-refractivity contribution >= 4 is 15.9 Å². The minimum absolute atomic E-state index is 0.129. The summed E-state index contributed by atoms with van der Waals surface area (Å²) in [5, 5.41) is 4.40. The van der Waals surface area contributed by atoms with Crippen molar-refractivity contribution in [3.05, 3.63) is 16.4 Å². The van der Waals surface area contributed by atoms with Gasteiger partial charge in [0, 0.05) is 13.1 Å². The van der Waals surface area contributed by atoms with Gasteiger partial charge in [0.15, 0.2) is 0 Å². The number of aromatic nitrogens is 2. The van der Waals surface area contributed by atoms with Crippen LogP contribution in [0.2, 0.25) is 0 Å². The summed E-state index contributed by atoms with van der Waals surface area (Å²) in [6.07, 6.45) is 3.90. The Morgan fingerprint density at radius 2 is 2.11 bits per heavy atom. The van der Waals surface area contributed by atoms with E-state index in [4.69, 9.17) is 5.84 Å². The van der Waals surface area contributed by atoms with Crippen molar-refractivity contribution < 1.29 is 0 Å². The van der Waals surface area contributed by atoms with Gasteiger partial charge in [0.2, 0.25) is 0 Å². The monoisotopic (exact) mass is 331 g/mol. The highest BCUT2D eigenvalue weighted by atomic mass is 79.9. The van der Waals surface area contributed by atoms with Gasteiger partial charge in [-0.25, -0.2) is 0 Å². The molecule has 0 spiro atoms. The number of aryl methyl sites for hydroxylation is 1. The van der Waals surface area contributed by atoms with Crippen molar-refractivity contribution in [2.45, 2.75) is 46.2 Å². The second-order valence-corrected chi connectivity index (χ2v) is 5.49. The van der Waals surface area contributed by atoms with Gasteiger partial charge in [-0.15, -0.1) is 0 Å². The van der Waals surface area contributed by atoms with Crippen LogP contribution >= 0.6 is 15.9 Å². The minimum Gasteiger partial charge on any atom is -0.304 e. The molecule has 0 saturated heterocycles. The number of nitrogens with zero attached hydrogens (tertiary/aromatic N) is 3. The van der Waals surface area contributed by atoms with Crippen LogP contribution < -0.4 is 11.3 Å². The van der Waals surface area contributed by atoms with Crippen molar-refractivity contribution in [1.82, 2.24) is 20.1 Å². The Morgan fingerprint density at radius 1 is 1.42 bits per heavy atom. The van der Waals surface area contributed by atoms with E-state index in [2.05, 4.69) is 52.1 Å². The lowest BCUT2D eigenvalue weighted by Gasteiger charge is -2.23. The van der Waals surface area contributed by atoms with Crippen LogP contribution in [-0.2, 0) is 6.54 Å². The van der Waals surface area contributed by atoms with E-state index in [1.54, 1.807) is 0 Å². The number of halogens is 1. The molecule has 0 aliphatic rings. The number of hydrogen-bond donors (Lipinski definition) is 2. The molecule has 0 bridgehead atoms. The molecule has 1 rings (SSSR count). The number of rotatable bonds is 9. The third kappa shape index (κ3) is 4.56. The zero-order valence-corrected chi connectivity index (χ0v) is 13.8. The molecule has 0 fully saturated rings. The topological polar surface area (TPSA) is 59.1 Å². The van der Waals surface area contributed by atoms with Crippen LogP contribution in [0.25, 0.3) is 0 Å². The first-order chi connectivity index (χ1) is 9.17. The molecule has 1 atom stereocenters. The molecule has 0 aliphatic heterocycles. The third-order valence-corrected chi connectivity index (χ3v) is 4.04. The normalized spacial score (nSPS) is 13.2. The first kappa shape index (κ1) is 16.6. The summed E-state index contributed by atoms with van der Waals surface area (Å²) >= 11 is 3.58. The lowest BCUT2D eigenvalue weighted by Crippen LogP contribution is -2.34. The van der Waals surface area contributed by atoms with E-state index in [-0.39, 0.29) is 6.04 Å². The van der Waals surface area contributed by atoms with Gasteiger partial charge in [-0.1, -0.05) is 20.8 Å². The molecule has 0 aromatic carbocycles. The van der Waals surface area contributed by atoms with E-state index in [1.165, 1.54) is 0 Å². The van der Waals surface area contributed by atoms with Crippen molar-refractivity contribution in [2.24, 2.45) is 5.84 Å². The smallest absolute Gasteiger partial charge is 0.0709 e. The Bertz CT molecular complexity index is 362. The van der Waals surface area contributed by atoms with Crippen LogP contribution in [0.15, 0.2) is 10.7 Å². The highest BCUT2D eigenvalue weighted by Gasteiger charge is 2.19. The summed E-state index contributed by atoms with van der Waals surface area (Å²) < 4.78 is 3.07. The molecule has 5 nitrogen and oxygen atoms in total. The highest BCUT2D eigenvalue weighted by Crippen LogP contribution is 2.25. The molecular formula is C13H26BrN5. The van der Waals surface area contributed by atoms with Crippen molar-refractivity contribution in [3.63, 3.8) is 0 Å². The number of nitrogens with two attached hydrogens (primary N) is 1. The van der Waals surface area contributed by atoms with Crippen molar-refractivity contribution in [1.29, 1.82) is 0 Å². The van der Waals surface area contributed by atoms with Gasteiger partial charge in [-0.05, 0) is 41.9 Å². The summed E-state index contributed by atoms with van der Waals surface area (Å²) in [4.78, 5) is 2.40. The standard InChI is InChI=1S/C13H26BrN5/c1-4-8-19-13(11(14)10-16-19)12(17-15)7-9-18(5-2)6-3/h10,12,17H,4-9,15H2,1-3H3. The molecule has 1 aromatic rings. The van der Waals surface area contributed by atoms with Gasteiger partial charge in [-0.3, -0.25) is 16.0 Å². The fourth-order valence-corrected chi connectivity index (χ4v) is 2.83. The maximum Gasteiger partial charge on any atom is 0.0709 e. The summed E-state index contributed by atoms with van der Waals surface area (Å²) in [6, 6.07) is 0.129. The van der Waals surface area contributed by atoms with Crippen LogP contribution in [0.1, 0.15) is 45.3 Å². The maximum atomic E-state index is 5.74. The molecule has 0 aliphatic carbocycles. The molecular weight excluding hydrogens is 306 g/mol. The van der Waals surface area contributed by atoms with Crippen LogP contribution in [0.3, 0.4) is 0 Å². The molecule has 1 heterocycles. The van der Waals surface area contributed by atoms with Crippen molar-refractivity contribution in [2.75, 3.05) is 19.6 Å². The van der Waals surface area contributed by atoms with E-state index in [0.717, 1.165) is 49.2 Å². The van der Waals surface area contributed by atoms with E-state index >= 15 is 0 Å². The quantitative estimate of drug-likeness (QED) is 0.538. The second-order valence-electron chi connectivity index (χ2n) is 4.64. The van der Waals surface area contributed by atoms with E-state index in [9.17, 15) is 0 Å². The minimum atomic E-state index is 0.129. The van der Waals surface area contributed by atoms with Gasteiger partial charge in [0.25, 0.3) is 0 Å². The lowest BCUT2D eigenvalue weighted by atomic mass is 10.1. The number of hydrogen-bond acceptors (Lipinski definition) is 4. The predicted octanol–water partition coefficient (Wildman–Crippen LogP) is 2.29. The fraction of sp³-hybridized carbons (Fsp3) is 0.769. The Morgan fingerprint density at radius 3 is 2.63 bits per heavy atom. The van der Waals surface area contributed by atoms with Crippen LogP contribution in [-0.4, -0.2) is 34.3 Å². The average Bonchev–Trinajstić information content (AvgIpc) is 2.77. The first-order valence-corrected chi connectivity index (χ1v) is 7.86. The van der Waals surface area contributed by atoms with Crippen LogP contribution in [0.5, 0.6) is 0 Å². The largest absolute Gasteiger partial charge is 0.304 e. The van der Waals surface area contributed by atoms with Gasteiger partial charge < -0.3 is 4.90 Å². The second kappa shape index (κ2) is 8.68. The molecule has 0 saturated carbocycles. The zero-order chi connectivity index (χ0) is 14.3.